The molecular weight excluding hydrogens is 444 g/mol. The summed E-state index contributed by atoms with van der Waals surface area (Å²) < 4.78 is 11.1. The first kappa shape index (κ1) is 25.0. The second kappa shape index (κ2) is 9.70. The first-order valence-electron chi connectivity index (χ1n) is 10.7. The molecule has 9 heteroatoms. The molecular formula is C24H30N2O6S. The maximum atomic E-state index is 13.3. The van der Waals surface area contributed by atoms with Crippen LogP contribution in [-0.4, -0.2) is 63.7 Å². The number of β-lactam (4-membered cyclic amide) rings is 1. The molecule has 178 valence electrons. The lowest BCUT2D eigenvalue weighted by molar-refractivity contribution is -0.204. The number of benzene rings is 1. The van der Waals surface area contributed by atoms with Gasteiger partial charge < -0.3 is 24.8 Å². The lowest BCUT2D eigenvalue weighted by atomic mass is 9.90. The number of esters is 1. The van der Waals surface area contributed by atoms with Crippen molar-refractivity contribution in [1.82, 2.24) is 10.2 Å². The van der Waals surface area contributed by atoms with Gasteiger partial charge in [-0.2, -0.15) is 0 Å². The van der Waals surface area contributed by atoms with E-state index in [4.69, 9.17) is 9.47 Å². The fraction of sp³-hybridized carbons (Fsp3) is 0.458. The highest BCUT2D eigenvalue weighted by Crippen LogP contribution is 2.47. The van der Waals surface area contributed by atoms with Crippen LogP contribution in [0.25, 0.3) is 0 Å². The van der Waals surface area contributed by atoms with Gasteiger partial charge in [0.25, 0.3) is 11.6 Å². The van der Waals surface area contributed by atoms with Crippen LogP contribution in [0.5, 0.6) is 0 Å². The van der Waals surface area contributed by atoms with Gasteiger partial charge in [-0.3, -0.25) is 9.59 Å². The molecule has 2 aliphatic rings. The summed E-state index contributed by atoms with van der Waals surface area (Å²) in [5, 5.41) is 14.7. The van der Waals surface area contributed by atoms with Gasteiger partial charge in [0.15, 0.2) is 6.04 Å². The number of methoxy groups -OCH3 is 1. The van der Waals surface area contributed by atoms with Crippen LogP contribution in [0.15, 0.2) is 54.0 Å². The Balaban J connectivity index is 1.96. The second-order valence-corrected chi connectivity index (χ2v) is 9.45. The van der Waals surface area contributed by atoms with Crippen LogP contribution in [0.2, 0.25) is 0 Å². The van der Waals surface area contributed by atoms with Crippen molar-refractivity contribution < 1.29 is 29.0 Å². The van der Waals surface area contributed by atoms with Crippen LogP contribution in [0, 0.1) is 0 Å². The summed E-state index contributed by atoms with van der Waals surface area (Å²) in [4.78, 5) is 40.0. The van der Waals surface area contributed by atoms with Crippen LogP contribution >= 0.6 is 11.8 Å². The molecule has 1 aromatic rings. The molecule has 2 aliphatic heterocycles. The summed E-state index contributed by atoms with van der Waals surface area (Å²) in [6.45, 7) is 8.71. The molecule has 3 rings (SSSR count). The number of hydrogen-bond donors (Lipinski definition) is 2. The average molecular weight is 475 g/mol. The van der Waals surface area contributed by atoms with Crippen LogP contribution in [0.3, 0.4) is 0 Å². The van der Waals surface area contributed by atoms with Gasteiger partial charge in [-0.25, -0.2) is 4.79 Å². The summed E-state index contributed by atoms with van der Waals surface area (Å²) in [5.41, 5.74) is -1.33. The predicted molar refractivity (Wildman–Crippen MR) is 125 cm³/mol. The molecule has 0 bridgehead atoms. The fourth-order valence-electron chi connectivity index (χ4n) is 3.79. The van der Waals surface area contributed by atoms with Crippen LogP contribution in [0.1, 0.15) is 32.8 Å². The topological polar surface area (TPSA) is 105 Å². The van der Waals surface area contributed by atoms with Crippen molar-refractivity contribution >= 4 is 29.5 Å². The zero-order valence-electron chi connectivity index (χ0n) is 19.2. The third kappa shape index (κ3) is 4.71. The number of nitrogens with one attached hydrogen (secondary N) is 1. The fourth-order valence-corrected chi connectivity index (χ4v) is 5.16. The standard InChI is InChI=1S/C24H30N2O6S/c1-6-18(28)25-24(31-5)21(30)26-19(20(29)32-23(3,4)7-2)16(14-33-22(24)26)17(27)13-15-11-9-8-10-12-15/h7-12,14,17,19,22,27H,2,6,13H2,1,3-5H3,(H,25,28)/t17?,19?,22-,24?/m0/s1. The Kier molecular flexibility index (Phi) is 7.36. The highest BCUT2D eigenvalue weighted by molar-refractivity contribution is 8.03. The Labute approximate surface area is 198 Å². The van der Waals surface area contributed by atoms with E-state index in [1.807, 2.05) is 30.3 Å². The molecule has 0 aliphatic carbocycles. The number of nitrogens with zero attached hydrogens (tertiary/aromatic N) is 1. The van der Waals surface area contributed by atoms with E-state index in [1.54, 1.807) is 26.2 Å². The summed E-state index contributed by atoms with van der Waals surface area (Å²) in [6, 6.07) is 8.19. The number of aliphatic hydroxyl groups is 1. The predicted octanol–water partition coefficient (Wildman–Crippen LogP) is 2.13. The summed E-state index contributed by atoms with van der Waals surface area (Å²) in [5.74, 6) is -1.61. The van der Waals surface area contributed by atoms with Gasteiger partial charge in [-0.05, 0) is 36.5 Å². The van der Waals surface area contributed by atoms with Crippen molar-refractivity contribution in [2.75, 3.05) is 7.11 Å². The quantitative estimate of drug-likeness (QED) is 0.244. The molecule has 3 unspecified atom stereocenters. The zero-order valence-corrected chi connectivity index (χ0v) is 20.1. The van der Waals surface area contributed by atoms with E-state index in [-0.39, 0.29) is 18.7 Å². The third-order valence-corrected chi connectivity index (χ3v) is 7.01. The Morgan fingerprint density at radius 3 is 2.61 bits per heavy atom. The number of thioether (sulfide) groups is 1. The van der Waals surface area contributed by atoms with E-state index in [9.17, 15) is 19.5 Å². The minimum absolute atomic E-state index is 0.172. The second-order valence-electron chi connectivity index (χ2n) is 8.50. The minimum atomic E-state index is -1.59. The smallest absolute Gasteiger partial charge is 0.334 e. The molecule has 8 nitrogen and oxygen atoms in total. The normalized spacial score (nSPS) is 25.3. The first-order valence-corrected chi connectivity index (χ1v) is 11.7. The maximum Gasteiger partial charge on any atom is 0.334 e. The van der Waals surface area contributed by atoms with E-state index in [0.717, 1.165) is 5.56 Å². The highest BCUT2D eigenvalue weighted by Gasteiger charge is 2.68. The molecule has 2 amide bonds. The van der Waals surface area contributed by atoms with Gasteiger partial charge in [0.1, 0.15) is 11.0 Å². The Bertz CT molecular complexity index is 963. The van der Waals surface area contributed by atoms with Crippen molar-refractivity contribution in [3.05, 3.63) is 59.5 Å². The highest BCUT2D eigenvalue weighted by atomic mass is 32.2. The number of carbonyl (C=O) groups is 3. The first-order chi connectivity index (χ1) is 15.6. The van der Waals surface area contributed by atoms with Crippen molar-refractivity contribution in [1.29, 1.82) is 0 Å². The number of rotatable bonds is 9. The number of carbonyl (C=O) groups excluding carboxylic acids is 3. The summed E-state index contributed by atoms with van der Waals surface area (Å²) in [7, 11) is 1.34. The molecule has 0 spiro atoms. The van der Waals surface area contributed by atoms with E-state index < -0.39 is 40.7 Å². The molecule has 1 saturated heterocycles. The SMILES string of the molecule is C=CC(C)(C)OC(=O)C1C(C(O)Cc2ccccc2)=CS[C@@H]2N1C(=O)C2(NC(=O)CC)OC. The molecule has 0 radical (unpaired) electrons. The zero-order chi connectivity index (χ0) is 24.4. The van der Waals surface area contributed by atoms with Gasteiger partial charge in [-0.1, -0.05) is 43.8 Å². The van der Waals surface area contributed by atoms with Crippen LogP contribution < -0.4 is 5.32 Å². The van der Waals surface area contributed by atoms with Gasteiger partial charge in [0.05, 0.1) is 6.10 Å². The molecule has 1 aromatic carbocycles. The van der Waals surface area contributed by atoms with E-state index >= 15 is 0 Å². The van der Waals surface area contributed by atoms with E-state index in [2.05, 4.69) is 11.9 Å². The number of ether oxygens (including phenoxy) is 2. The maximum absolute atomic E-state index is 13.3. The van der Waals surface area contributed by atoms with Gasteiger partial charge in [-0.15, -0.1) is 11.8 Å². The van der Waals surface area contributed by atoms with Gasteiger partial charge >= 0.3 is 5.97 Å². The Morgan fingerprint density at radius 2 is 2.03 bits per heavy atom. The van der Waals surface area contributed by atoms with E-state index in [1.165, 1.54) is 29.8 Å². The molecule has 2 N–H and O–H groups in total. The number of hydrogen-bond acceptors (Lipinski definition) is 7. The molecule has 1 fully saturated rings. The van der Waals surface area contributed by atoms with Crippen molar-refractivity contribution in [3.8, 4) is 0 Å². The number of fused-ring (bicyclic) bond motifs is 1. The molecule has 33 heavy (non-hydrogen) atoms. The molecule has 4 atom stereocenters. The summed E-state index contributed by atoms with van der Waals surface area (Å²) in [6.07, 6.45) is 0.894. The molecule has 2 heterocycles. The number of amides is 2. The molecule has 0 aromatic heterocycles. The lowest BCUT2D eigenvalue weighted by Gasteiger charge is -2.57. The van der Waals surface area contributed by atoms with Gasteiger partial charge in [0.2, 0.25) is 5.91 Å². The largest absolute Gasteiger partial charge is 0.454 e. The van der Waals surface area contributed by atoms with Gasteiger partial charge in [0, 0.05) is 20.0 Å². The third-order valence-electron chi connectivity index (χ3n) is 5.78. The Hall–Kier alpha value is -2.62. The van der Waals surface area contributed by atoms with Crippen LogP contribution in [-0.2, 0) is 30.3 Å². The monoisotopic (exact) mass is 474 g/mol. The average Bonchev–Trinajstić information content (AvgIpc) is 2.81. The minimum Gasteiger partial charge on any atom is -0.454 e. The summed E-state index contributed by atoms with van der Waals surface area (Å²) >= 11 is 1.21. The van der Waals surface area contributed by atoms with Crippen molar-refractivity contribution in [2.45, 2.75) is 62.5 Å². The van der Waals surface area contributed by atoms with Crippen molar-refractivity contribution in [2.24, 2.45) is 0 Å². The van der Waals surface area contributed by atoms with Crippen LogP contribution in [0.4, 0.5) is 0 Å². The number of aliphatic hydroxyl groups excluding tert-OH is 1. The van der Waals surface area contributed by atoms with E-state index in [0.29, 0.717) is 5.57 Å². The molecule has 0 saturated carbocycles. The lowest BCUT2D eigenvalue weighted by Crippen LogP contribution is -2.83. The Morgan fingerprint density at radius 1 is 1.36 bits per heavy atom. The van der Waals surface area contributed by atoms with Crippen molar-refractivity contribution in [3.63, 3.8) is 0 Å².